The first kappa shape index (κ1) is 21.7. The molecule has 1 amide bonds. The Morgan fingerprint density at radius 2 is 1.66 bits per heavy atom. The van der Waals surface area contributed by atoms with E-state index in [4.69, 9.17) is 14.0 Å². The van der Waals surface area contributed by atoms with Gasteiger partial charge in [-0.05, 0) is 36.4 Å². The van der Waals surface area contributed by atoms with Gasteiger partial charge in [-0.25, -0.2) is 8.42 Å². The van der Waals surface area contributed by atoms with Crippen molar-refractivity contribution in [2.24, 2.45) is 0 Å². The molecule has 10 heteroatoms. The number of sulfonamides is 1. The second-order valence-corrected chi connectivity index (χ2v) is 9.95. The van der Waals surface area contributed by atoms with Crippen molar-refractivity contribution in [3.8, 4) is 11.5 Å². The molecular weight excluding hydrogens is 434 g/mol. The highest BCUT2D eigenvalue weighted by molar-refractivity contribution is 7.92. The summed E-state index contributed by atoms with van der Waals surface area (Å²) in [5.41, 5.74) is 0.423. The lowest BCUT2D eigenvalue weighted by molar-refractivity contribution is 0.102. The Labute approximate surface area is 185 Å². The van der Waals surface area contributed by atoms with Crippen molar-refractivity contribution < 1.29 is 27.2 Å². The van der Waals surface area contributed by atoms with E-state index in [1.165, 1.54) is 36.4 Å². The van der Waals surface area contributed by atoms with Gasteiger partial charge in [0.1, 0.15) is 19.0 Å². The molecule has 0 radical (unpaired) electrons. The molecule has 1 aliphatic heterocycles. The smallest absolute Gasteiger partial charge is 0.262 e. The number of nitrogens with one attached hydrogen (secondary N) is 2. The zero-order valence-corrected chi connectivity index (χ0v) is 18.7. The van der Waals surface area contributed by atoms with Crippen LogP contribution in [-0.2, 0) is 15.4 Å². The van der Waals surface area contributed by atoms with Gasteiger partial charge in [0.2, 0.25) is 0 Å². The van der Waals surface area contributed by atoms with E-state index in [9.17, 15) is 13.2 Å². The fraction of sp³-hybridized carbons (Fsp3) is 0.273. The average Bonchev–Trinajstić information content (AvgIpc) is 3.23. The van der Waals surface area contributed by atoms with Crippen LogP contribution in [0.4, 0.5) is 11.5 Å². The maximum absolute atomic E-state index is 12.7. The highest BCUT2D eigenvalue weighted by Gasteiger charge is 2.21. The fourth-order valence-electron chi connectivity index (χ4n) is 2.97. The third kappa shape index (κ3) is 4.70. The predicted molar refractivity (Wildman–Crippen MR) is 118 cm³/mol. The van der Waals surface area contributed by atoms with E-state index in [1.54, 1.807) is 12.1 Å². The van der Waals surface area contributed by atoms with Crippen LogP contribution in [0, 0.1) is 0 Å². The fourth-order valence-corrected chi connectivity index (χ4v) is 4.04. The number of hydrogen-bond acceptors (Lipinski definition) is 7. The molecule has 0 saturated carbocycles. The van der Waals surface area contributed by atoms with E-state index >= 15 is 0 Å². The monoisotopic (exact) mass is 457 g/mol. The number of hydrogen-bond donors (Lipinski definition) is 2. The number of carbonyl (C=O) groups excluding carboxylic acids is 1. The van der Waals surface area contributed by atoms with Crippen molar-refractivity contribution >= 4 is 27.4 Å². The van der Waals surface area contributed by atoms with Gasteiger partial charge in [-0.2, -0.15) is 0 Å². The molecule has 0 aliphatic carbocycles. The van der Waals surface area contributed by atoms with Crippen LogP contribution in [0.3, 0.4) is 0 Å². The zero-order chi connectivity index (χ0) is 22.9. The molecule has 2 heterocycles. The lowest BCUT2D eigenvalue weighted by Gasteiger charge is -2.19. The highest BCUT2D eigenvalue weighted by atomic mass is 32.2. The Morgan fingerprint density at radius 1 is 0.969 bits per heavy atom. The summed E-state index contributed by atoms with van der Waals surface area (Å²) in [6.45, 7) is 6.71. The van der Waals surface area contributed by atoms with Gasteiger partial charge in [0.15, 0.2) is 17.3 Å². The van der Waals surface area contributed by atoms with Crippen LogP contribution in [0.1, 0.15) is 36.9 Å². The predicted octanol–water partition coefficient (Wildman–Crippen LogP) is 3.80. The Kier molecular flexibility index (Phi) is 5.55. The third-order valence-electron chi connectivity index (χ3n) is 4.71. The molecule has 0 spiro atoms. The van der Waals surface area contributed by atoms with E-state index in [0.717, 1.165) is 0 Å². The van der Waals surface area contributed by atoms with Crippen LogP contribution >= 0.6 is 0 Å². The van der Waals surface area contributed by atoms with Gasteiger partial charge in [0.05, 0.1) is 4.90 Å². The summed E-state index contributed by atoms with van der Waals surface area (Å²) in [7, 11) is -3.85. The van der Waals surface area contributed by atoms with E-state index in [1.807, 2.05) is 20.8 Å². The van der Waals surface area contributed by atoms with E-state index in [-0.39, 0.29) is 16.2 Å². The van der Waals surface area contributed by atoms with Crippen molar-refractivity contribution in [1.82, 2.24) is 5.16 Å². The third-order valence-corrected chi connectivity index (χ3v) is 6.09. The van der Waals surface area contributed by atoms with Gasteiger partial charge in [-0.1, -0.05) is 25.9 Å². The number of nitrogens with zero attached hydrogens (tertiary/aromatic N) is 1. The largest absolute Gasteiger partial charge is 0.486 e. The normalized spacial score (nSPS) is 13.5. The number of ether oxygens (including phenoxy) is 2. The molecule has 0 atom stereocenters. The van der Waals surface area contributed by atoms with Gasteiger partial charge < -0.3 is 19.3 Å². The van der Waals surface area contributed by atoms with Crippen LogP contribution in [-0.4, -0.2) is 32.7 Å². The molecule has 32 heavy (non-hydrogen) atoms. The van der Waals surface area contributed by atoms with Gasteiger partial charge in [0, 0.05) is 28.8 Å². The molecule has 0 saturated heterocycles. The maximum Gasteiger partial charge on any atom is 0.262 e. The Balaban J connectivity index is 1.44. The second-order valence-electron chi connectivity index (χ2n) is 8.27. The number of amides is 1. The quantitative estimate of drug-likeness (QED) is 0.598. The minimum absolute atomic E-state index is 0.0456. The second kappa shape index (κ2) is 8.19. The number of carbonyl (C=O) groups is 1. The lowest BCUT2D eigenvalue weighted by atomic mass is 9.93. The average molecular weight is 458 g/mol. The maximum atomic E-state index is 12.7. The molecule has 1 aliphatic rings. The number of benzene rings is 2. The minimum atomic E-state index is -3.85. The van der Waals surface area contributed by atoms with E-state index < -0.39 is 10.0 Å². The summed E-state index contributed by atoms with van der Waals surface area (Å²) in [5.74, 6) is 1.46. The molecule has 0 unspecified atom stereocenters. The van der Waals surface area contributed by atoms with Crippen molar-refractivity contribution in [2.45, 2.75) is 31.1 Å². The number of fused-ring (bicyclic) bond motifs is 1. The number of rotatable bonds is 5. The number of anilines is 2. The van der Waals surface area contributed by atoms with Crippen LogP contribution in [0.5, 0.6) is 11.5 Å². The SMILES string of the molecule is CC(C)(C)c1cc(NC(=O)c2ccc(NS(=O)(=O)c3ccc4c(c3)OCCO4)cc2)no1. The van der Waals surface area contributed by atoms with Gasteiger partial charge in [-0.15, -0.1) is 0 Å². The van der Waals surface area contributed by atoms with Crippen LogP contribution in [0.2, 0.25) is 0 Å². The first-order valence-corrected chi connectivity index (χ1v) is 11.4. The number of aromatic nitrogens is 1. The van der Waals surface area contributed by atoms with Crippen molar-refractivity contribution in [1.29, 1.82) is 0 Å². The van der Waals surface area contributed by atoms with Crippen molar-refractivity contribution in [2.75, 3.05) is 23.3 Å². The van der Waals surface area contributed by atoms with Crippen LogP contribution in [0.15, 0.2) is 57.9 Å². The first-order chi connectivity index (χ1) is 15.1. The first-order valence-electron chi connectivity index (χ1n) is 9.93. The molecule has 9 nitrogen and oxygen atoms in total. The minimum Gasteiger partial charge on any atom is -0.486 e. The molecule has 3 aromatic rings. The molecule has 2 aromatic carbocycles. The van der Waals surface area contributed by atoms with E-state index in [0.29, 0.717) is 47.5 Å². The Hall–Kier alpha value is -3.53. The molecule has 2 N–H and O–H groups in total. The summed E-state index contributed by atoms with van der Waals surface area (Å²) in [5, 5.41) is 6.53. The van der Waals surface area contributed by atoms with Crippen LogP contribution < -0.4 is 19.5 Å². The molecule has 1 aromatic heterocycles. The summed E-state index contributed by atoms with van der Waals surface area (Å²) in [6.07, 6.45) is 0. The van der Waals surface area contributed by atoms with Gasteiger partial charge in [-0.3, -0.25) is 9.52 Å². The van der Waals surface area contributed by atoms with Crippen molar-refractivity contribution in [3.05, 3.63) is 59.9 Å². The van der Waals surface area contributed by atoms with E-state index in [2.05, 4.69) is 15.2 Å². The molecular formula is C22H23N3O6S. The summed E-state index contributed by atoms with van der Waals surface area (Å²) < 4.78 is 44.1. The Bertz CT molecular complexity index is 1240. The van der Waals surface area contributed by atoms with Gasteiger partial charge in [0.25, 0.3) is 15.9 Å². The van der Waals surface area contributed by atoms with Gasteiger partial charge >= 0.3 is 0 Å². The topological polar surface area (TPSA) is 120 Å². The van der Waals surface area contributed by atoms with Crippen molar-refractivity contribution in [3.63, 3.8) is 0 Å². The summed E-state index contributed by atoms with van der Waals surface area (Å²) in [4.78, 5) is 12.5. The lowest BCUT2D eigenvalue weighted by Crippen LogP contribution is -2.17. The molecule has 0 fully saturated rings. The summed E-state index contributed by atoms with van der Waals surface area (Å²) >= 11 is 0. The molecule has 168 valence electrons. The van der Waals surface area contributed by atoms with Crippen LogP contribution in [0.25, 0.3) is 0 Å². The highest BCUT2D eigenvalue weighted by Crippen LogP contribution is 2.32. The Morgan fingerprint density at radius 3 is 2.31 bits per heavy atom. The molecule has 0 bridgehead atoms. The summed E-state index contributed by atoms with van der Waals surface area (Å²) in [6, 6.07) is 12.1. The standard InChI is InChI=1S/C22H23N3O6S/c1-22(2,3)19-13-20(24-31-19)23-21(26)14-4-6-15(7-5-14)25-32(27,28)16-8-9-17-18(12-16)30-11-10-29-17/h4-9,12-13,25H,10-11H2,1-3H3,(H,23,24,26). The zero-order valence-electron chi connectivity index (χ0n) is 17.8. The molecule has 4 rings (SSSR count).